The summed E-state index contributed by atoms with van der Waals surface area (Å²) < 4.78 is 0. The van der Waals surface area contributed by atoms with Crippen LogP contribution in [0.15, 0.2) is 0 Å². The number of fused-ring (bicyclic) bond motifs is 1. The molecule has 0 aromatic rings. The summed E-state index contributed by atoms with van der Waals surface area (Å²) in [5.41, 5.74) is 0. The second-order valence-corrected chi connectivity index (χ2v) is 6.39. The SMILES string of the molecule is CC(C)[C@H](C)C(=O)N1[C@@H]2C[C@@H]2C[C@H]1C(C)C. The Balaban J connectivity index is 2.09. The van der Waals surface area contributed by atoms with E-state index in [-0.39, 0.29) is 5.92 Å². The van der Waals surface area contributed by atoms with Gasteiger partial charge in [-0.3, -0.25) is 4.79 Å². The Morgan fingerprint density at radius 3 is 2.25 bits per heavy atom. The van der Waals surface area contributed by atoms with Gasteiger partial charge in [-0.1, -0.05) is 34.6 Å². The van der Waals surface area contributed by atoms with E-state index in [4.69, 9.17) is 0 Å². The van der Waals surface area contributed by atoms with Crippen molar-refractivity contribution in [3.63, 3.8) is 0 Å². The lowest BCUT2D eigenvalue weighted by atomic mass is 9.94. The van der Waals surface area contributed by atoms with Crippen LogP contribution in [0.2, 0.25) is 0 Å². The first-order valence-electron chi connectivity index (χ1n) is 6.75. The van der Waals surface area contributed by atoms with Crippen LogP contribution >= 0.6 is 0 Å². The van der Waals surface area contributed by atoms with Gasteiger partial charge in [-0.25, -0.2) is 0 Å². The Labute approximate surface area is 99.4 Å². The number of rotatable bonds is 3. The molecule has 0 N–H and O–H groups in total. The minimum Gasteiger partial charge on any atom is -0.336 e. The lowest BCUT2D eigenvalue weighted by Gasteiger charge is -2.33. The summed E-state index contributed by atoms with van der Waals surface area (Å²) >= 11 is 0. The zero-order chi connectivity index (χ0) is 12.0. The molecule has 2 nitrogen and oxygen atoms in total. The van der Waals surface area contributed by atoms with Gasteiger partial charge < -0.3 is 4.90 Å². The molecule has 16 heavy (non-hydrogen) atoms. The number of hydrogen-bond donors (Lipinski definition) is 0. The van der Waals surface area contributed by atoms with Crippen molar-refractivity contribution in [2.24, 2.45) is 23.7 Å². The average Bonchev–Trinajstić information content (AvgIpc) is 2.87. The maximum Gasteiger partial charge on any atom is 0.226 e. The molecule has 2 rings (SSSR count). The first-order chi connectivity index (χ1) is 7.43. The predicted molar refractivity (Wildman–Crippen MR) is 66.0 cm³/mol. The van der Waals surface area contributed by atoms with Gasteiger partial charge in [-0.15, -0.1) is 0 Å². The number of likely N-dealkylation sites (tertiary alicyclic amines) is 1. The van der Waals surface area contributed by atoms with Crippen LogP contribution in [-0.2, 0) is 4.79 Å². The normalized spacial score (nSPS) is 34.4. The van der Waals surface area contributed by atoms with Gasteiger partial charge >= 0.3 is 0 Å². The fourth-order valence-electron chi connectivity index (χ4n) is 2.94. The molecule has 1 saturated carbocycles. The minimum absolute atomic E-state index is 0.181. The molecular weight excluding hydrogens is 198 g/mol. The Kier molecular flexibility index (Phi) is 3.02. The highest BCUT2D eigenvalue weighted by atomic mass is 16.2. The zero-order valence-corrected chi connectivity index (χ0v) is 11.2. The Hall–Kier alpha value is -0.530. The third-order valence-corrected chi connectivity index (χ3v) is 4.56. The van der Waals surface area contributed by atoms with Crippen LogP contribution in [0, 0.1) is 23.7 Å². The first-order valence-corrected chi connectivity index (χ1v) is 6.75. The number of carbonyl (C=O) groups excluding carboxylic acids is 1. The first kappa shape index (κ1) is 11.9. The van der Waals surface area contributed by atoms with Crippen LogP contribution in [0.5, 0.6) is 0 Å². The van der Waals surface area contributed by atoms with Crippen LogP contribution in [0.25, 0.3) is 0 Å². The van der Waals surface area contributed by atoms with Gasteiger partial charge in [0.25, 0.3) is 0 Å². The minimum atomic E-state index is 0.181. The van der Waals surface area contributed by atoms with E-state index in [1.807, 2.05) is 0 Å². The second kappa shape index (κ2) is 4.05. The summed E-state index contributed by atoms with van der Waals surface area (Å²) in [6, 6.07) is 1.11. The van der Waals surface area contributed by atoms with Crippen molar-refractivity contribution in [3.05, 3.63) is 0 Å². The highest BCUT2D eigenvalue weighted by molar-refractivity contribution is 5.80. The molecule has 0 aromatic heterocycles. The summed E-state index contributed by atoms with van der Waals surface area (Å²) in [5, 5.41) is 0. The summed E-state index contributed by atoms with van der Waals surface area (Å²) in [4.78, 5) is 14.7. The number of nitrogens with zero attached hydrogens (tertiary/aromatic N) is 1. The van der Waals surface area contributed by atoms with E-state index >= 15 is 0 Å². The Bertz CT molecular complexity index is 284. The molecule has 1 aliphatic carbocycles. The molecule has 92 valence electrons. The van der Waals surface area contributed by atoms with E-state index in [0.717, 1.165) is 5.92 Å². The van der Waals surface area contributed by atoms with Crippen LogP contribution < -0.4 is 0 Å². The number of amides is 1. The highest BCUT2D eigenvalue weighted by Gasteiger charge is 2.54. The smallest absolute Gasteiger partial charge is 0.226 e. The topological polar surface area (TPSA) is 20.3 Å². The quantitative estimate of drug-likeness (QED) is 0.720. The van der Waals surface area contributed by atoms with Crippen molar-refractivity contribution in [2.75, 3.05) is 0 Å². The summed E-state index contributed by atoms with van der Waals surface area (Å²) in [5.74, 6) is 2.48. The van der Waals surface area contributed by atoms with Crippen molar-refractivity contribution in [3.8, 4) is 0 Å². The monoisotopic (exact) mass is 223 g/mol. The van der Waals surface area contributed by atoms with Crippen molar-refractivity contribution >= 4 is 5.91 Å². The molecule has 2 aliphatic rings. The maximum absolute atomic E-state index is 12.5. The van der Waals surface area contributed by atoms with Crippen LogP contribution in [0.4, 0.5) is 0 Å². The molecule has 0 aromatic carbocycles. The lowest BCUT2D eigenvalue weighted by Crippen LogP contribution is -2.44. The van der Waals surface area contributed by atoms with E-state index < -0.39 is 0 Å². The fourth-order valence-corrected chi connectivity index (χ4v) is 2.94. The molecule has 1 aliphatic heterocycles. The highest BCUT2D eigenvalue weighted by Crippen LogP contribution is 2.50. The van der Waals surface area contributed by atoms with Gasteiger partial charge in [0, 0.05) is 18.0 Å². The van der Waals surface area contributed by atoms with Gasteiger partial charge in [-0.2, -0.15) is 0 Å². The van der Waals surface area contributed by atoms with Crippen molar-refractivity contribution in [1.82, 2.24) is 4.90 Å². The zero-order valence-electron chi connectivity index (χ0n) is 11.2. The largest absolute Gasteiger partial charge is 0.336 e. The molecule has 0 spiro atoms. The Morgan fingerprint density at radius 1 is 1.12 bits per heavy atom. The van der Waals surface area contributed by atoms with Gasteiger partial charge in [0.2, 0.25) is 5.91 Å². The van der Waals surface area contributed by atoms with E-state index in [1.54, 1.807) is 0 Å². The average molecular weight is 223 g/mol. The van der Waals surface area contributed by atoms with E-state index in [0.29, 0.717) is 29.8 Å². The molecule has 1 amide bonds. The molecule has 4 atom stereocenters. The number of hydrogen-bond acceptors (Lipinski definition) is 1. The van der Waals surface area contributed by atoms with Crippen LogP contribution in [-0.4, -0.2) is 22.9 Å². The molecule has 0 unspecified atom stereocenters. The van der Waals surface area contributed by atoms with E-state index in [2.05, 4.69) is 39.5 Å². The fraction of sp³-hybridized carbons (Fsp3) is 0.929. The predicted octanol–water partition coefficient (Wildman–Crippen LogP) is 2.92. The van der Waals surface area contributed by atoms with Gasteiger partial charge in [-0.05, 0) is 30.6 Å². The van der Waals surface area contributed by atoms with Crippen molar-refractivity contribution < 1.29 is 4.79 Å². The van der Waals surface area contributed by atoms with Gasteiger partial charge in [0.05, 0.1) is 0 Å². The number of piperidine rings is 1. The maximum atomic E-state index is 12.5. The molecule has 1 saturated heterocycles. The van der Waals surface area contributed by atoms with E-state index in [1.165, 1.54) is 12.8 Å². The molecule has 0 radical (unpaired) electrons. The van der Waals surface area contributed by atoms with E-state index in [9.17, 15) is 4.79 Å². The summed E-state index contributed by atoms with van der Waals surface area (Å²) in [6.45, 7) is 10.9. The standard InChI is InChI=1S/C14H25NO/c1-8(2)10(5)14(16)15-12(9(3)4)6-11-7-13(11)15/h8-13H,6-7H2,1-5H3/t10-,11-,12-,13+/m0/s1. The van der Waals surface area contributed by atoms with Gasteiger partial charge in [0.15, 0.2) is 0 Å². The molecule has 1 heterocycles. The summed E-state index contributed by atoms with van der Waals surface area (Å²) in [7, 11) is 0. The van der Waals surface area contributed by atoms with Crippen LogP contribution in [0.1, 0.15) is 47.5 Å². The molecule has 0 bridgehead atoms. The Morgan fingerprint density at radius 2 is 1.75 bits per heavy atom. The van der Waals surface area contributed by atoms with Crippen molar-refractivity contribution in [2.45, 2.75) is 59.5 Å². The van der Waals surface area contributed by atoms with Gasteiger partial charge in [0.1, 0.15) is 0 Å². The second-order valence-electron chi connectivity index (χ2n) is 6.39. The third-order valence-electron chi connectivity index (χ3n) is 4.56. The molecular formula is C14H25NO. The third kappa shape index (κ3) is 1.87. The number of carbonyl (C=O) groups is 1. The van der Waals surface area contributed by atoms with Crippen LogP contribution in [0.3, 0.4) is 0 Å². The lowest BCUT2D eigenvalue weighted by molar-refractivity contribution is -0.139. The molecule has 2 fully saturated rings. The van der Waals surface area contributed by atoms with Crippen molar-refractivity contribution in [1.29, 1.82) is 0 Å². The summed E-state index contributed by atoms with van der Waals surface area (Å²) in [6.07, 6.45) is 2.51. The molecule has 2 heteroatoms.